The third kappa shape index (κ3) is 3.97. The van der Waals surface area contributed by atoms with Crippen molar-refractivity contribution in [3.05, 3.63) is 29.8 Å². The van der Waals surface area contributed by atoms with Crippen LogP contribution in [0.1, 0.15) is 51.6 Å². The molecule has 0 aromatic heterocycles. The van der Waals surface area contributed by atoms with E-state index in [2.05, 4.69) is 44.3 Å². The fourth-order valence-electron chi connectivity index (χ4n) is 3.44. The molecule has 1 aromatic carbocycles. The van der Waals surface area contributed by atoms with E-state index >= 15 is 0 Å². The van der Waals surface area contributed by atoms with Gasteiger partial charge >= 0.3 is 0 Å². The summed E-state index contributed by atoms with van der Waals surface area (Å²) in [5, 5.41) is 3.79. The second kappa shape index (κ2) is 6.42. The smallest absolute Gasteiger partial charge is 0.119 e. The van der Waals surface area contributed by atoms with Gasteiger partial charge in [0.25, 0.3) is 0 Å². The number of nitrogens with one attached hydrogen (secondary N) is 1. The van der Waals surface area contributed by atoms with Gasteiger partial charge in [-0.25, -0.2) is 0 Å². The predicted molar refractivity (Wildman–Crippen MR) is 80.5 cm³/mol. The molecule has 2 rings (SSSR count). The number of methoxy groups -OCH3 is 1. The molecule has 1 aromatic rings. The summed E-state index contributed by atoms with van der Waals surface area (Å²) < 4.78 is 5.30. The van der Waals surface area contributed by atoms with Crippen molar-refractivity contribution < 1.29 is 4.74 Å². The van der Waals surface area contributed by atoms with Gasteiger partial charge in [-0.05, 0) is 55.7 Å². The average Bonchev–Trinajstić information content (AvgIpc) is 2.37. The quantitative estimate of drug-likeness (QED) is 0.878. The lowest BCUT2D eigenvalue weighted by Crippen LogP contribution is -2.37. The molecule has 0 saturated heterocycles. The Morgan fingerprint density at radius 1 is 1.16 bits per heavy atom. The van der Waals surface area contributed by atoms with E-state index in [-0.39, 0.29) is 0 Å². The van der Waals surface area contributed by atoms with Gasteiger partial charge in [0.05, 0.1) is 7.11 Å². The van der Waals surface area contributed by atoms with E-state index in [1.807, 2.05) is 6.07 Å². The van der Waals surface area contributed by atoms with Gasteiger partial charge in [-0.2, -0.15) is 0 Å². The Hall–Kier alpha value is -1.02. The second-order valence-electron chi connectivity index (χ2n) is 6.28. The minimum absolute atomic E-state index is 0.387. The van der Waals surface area contributed by atoms with Crippen LogP contribution in [0.5, 0.6) is 5.75 Å². The normalized spacial score (nSPS) is 28.9. The summed E-state index contributed by atoms with van der Waals surface area (Å²) >= 11 is 0. The van der Waals surface area contributed by atoms with Crippen molar-refractivity contribution in [1.82, 2.24) is 5.32 Å². The van der Waals surface area contributed by atoms with Gasteiger partial charge in [-0.3, -0.25) is 0 Å². The van der Waals surface area contributed by atoms with Crippen LogP contribution in [-0.4, -0.2) is 13.2 Å². The van der Waals surface area contributed by atoms with Crippen LogP contribution in [-0.2, 0) is 0 Å². The Morgan fingerprint density at radius 2 is 1.84 bits per heavy atom. The van der Waals surface area contributed by atoms with Crippen molar-refractivity contribution >= 4 is 0 Å². The van der Waals surface area contributed by atoms with Gasteiger partial charge in [0.2, 0.25) is 0 Å². The monoisotopic (exact) mass is 261 g/mol. The predicted octanol–water partition coefficient (Wildman–Crippen LogP) is 4.17. The molecule has 106 valence electrons. The first kappa shape index (κ1) is 14.4. The lowest BCUT2D eigenvalue weighted by molar-refractivity contribution is 0.228. The highest BCUT2D eigenvalue weighted by Crippen LogP contribution is 2.30. The maximum atomic E-state index is 5.30. The maximum absolute atomic E-state index is 5.30. The molecule has 2 unspecified atom stereocenters. The van der Waals surface area contributed by atoms with E-state index in [1.165, 1.54) is 24.8 Å². The highest BCUT2D eigenvalue weighted by molar-refractivity contribution is 5.30. The van der Waals surface area contributed by atoms with Crippen LogP contribution in [0.15, 0.2) is 24.3 Å². The summed E-state index contributed by atoms with van der Waals surface area (Å²) in [5.74, 6) is 2.63. The molecule has 0 bridgehead atoms. The standard InChI is InChI=1S/C17H27NO/c1-12-8-13(2)10-16(9-12)18-14(3)15-6-5-7-17(11-15)19-4/h5-7,11-14,16,18H,8-10H2,1-4H3/t12?,13?,14-,16?/m1/s1. The Bertz CT molecular complexity index is 394. The van der Waals surface area contributed by atoms with Crippen molar-refractivity contribution in [2.24, 2.45) is 11.8 Å². The molecule has 1 saturated carbocycles. The Balaban J connectivity index is 1.97. The molecule has 2 nitrogen and oxygen atoms in total. The molecule has 19 heavy (non-hydrogen) atoms. The summed E-state index contributed by atoms with van der Waals surface area (Å²) in [5.41, 5.74) is 1.31. The molecule has 0 radical (unpaired) electrons. The third-order valence-electron chi connectivity index (χ3n) is 4.26. The number of hydrogen-bond acceptors (Lipinski definition) is 2. The van der Waals surface area contributed by atoms with E-state index in [4.69, 9.17) is 4.74 Å². The molecule has 0 spiro atoms. The first-order valence-electron chi connectivity index (χ1n) is 7.48. The van der Waals surface area contributed by atoms with Crippen LogP contribution >= 0.6 is 0 Å². The molecule has 0 amide bonds. The van der Waals surface area contributed by atoms with Gasteiger partial charge in [0, 0.05) is 12.1 Å². The number of hydrogen-bond donors (Lipinski definition) is 1. The fraction of sp³-hybridized carbons (Fsp3) is 0.647. The molecule has 3 atom stereocenters. The van der Waals surface area contributed by atoms with Gasteiger partial charge in [0.15, 0.2) is 0 Å². The van der Waals surface area contributed by atoms with Crippen molar-refractivity contribution in [2.75, 3.05) is 7.11 Å². The highest BCUT2D eigenvalue weighted by atomic mass is 16.5. The lowest BCUT2D eigenvalue weighted by Gasteiger charge is -2.34. The summed E-state index contributed by atoms with van der Waals surface area (Å²) in [6.45, 7) is 7.00. The zero-order chi connectivity index (χ0) is 13.8. The summed E-state index contributed by atoms with van der Waals surface area (Å²) in [6, 6.07) is 9.42. The lowest BCUT2D eigenvalue weighted by atomic mass is 9.80. The molecule has 2 heteroatoms. The summed E-state index contributed by atoms with van der Waals surface area (Å²) in [7, 11) is 1.72. The van der Waals surface area contributed by atoms with E-state index in [1.54, 1.807) is 7.11 Å². The van der Waals surface area contributed by atoms with Crippen LogP contribution < -0.4 is 10.1 Å². The van der Waals surface area contributed by atoms with Crippen molar-refractivity contribution in [3.8, 4) is 5.75 Å². The molecular weight excluding hydrogens is 234 g/mol. The van der Waals surface area contributed by atoms with Gasteiger partial charge in [0.1, 0.15) is 5.75 Å². The number of benzene rings is 1. The fourth-order valence-corrected chi connectivity index (χ4v) is 3.44. The first-order valence-corrected chi connectivity index (χ1v) is 7.48. The second-order valence-corrected chi connectivity index (χ2v) is 6.28. The average molecular weight is 261 g/mol. The minimum atomic E-state index is 0.387. The number of ether oxygens (including phenoxy) is 1. The van der Waals surface area contributed by atoms with E-state index in [0.29, 0.717) is 12.1 Å². The zero-order valence-corrected chi connectivity index (χ0v) is 12.6. The van der Waals surface area contributed by atoms with Crippen molar-refractivity contribution in [3.63, 3.8) is 0 Å². The van der Waals surface area contributed by atoms with E-state index in [0.717, 1.165) is 17.6 Å². The van der Waals surface area contributed by atoms with Crippen LogP contribution in [0.3, 0.4) is 0 Å². The van der Waals surface area contributed by atoms with Crippen LogP contribution in [0.2, 0.25) is 0 Å². The molecular formula is C17H27NO. The molecule has 1 N–H and O–H groups in total. The Morgan fingerprint density at radius 3 is 2.47 bits per heavy atom. The third-order valence-corrected chi connectivity index (χ3v) is 4.26. The van der Waals surface area contributed by atoms with Crippen molar-refractivity contribution in [2.45, 2.75) is 52.1 Å². The Labute approximate surface area is 117 Å². The zero-order valence-electron chi connectivity index (χ0n) is 12.6. The molecule has 1 fully saturated rings. The van der Waals surface area contributed by atoms with Gasteiger partial charge in [-0.1, -0.05) is 26.0 Å². The van der Waals surface area contributed by atoms with Crippen LogP contribution in [0, 0.1) is 11.8 Å². The summed E-state index contributed by atoms with van der Waals surface area (Å²) in [6.07, 6.45) is 3.99. The SMILES string of the molecule is COc1cccc([C@@H](C)NC2CC(C)CC(C)C2)c1. The molecule has 1 aliphatic rings. The largest absolute Gasteiger partial charge is 0.497 e. The molecule has 0 aliphatic heterocycles. The minimum Gasteiger partial charge on any atom is -0.497 e. The highest BCUT2D eigenvalue weighted by Gasteiger charge is 2.24. The molecule has 1 aliphatic carbocycles. The number of rotatable bonds is 4. The maximum Gasteiger partial charge on any atom is 0.119 e. The van der Waals surface area contributed by atoms with Crippen LogP contribution in [0.25, 0.3) is 0 Å². The van der Waals surface area contributed by atoms with Gasteiger partial charge < -0.3 is 10.1 Å². The molecule has 0 heterocycles. The van der Waals surface area contributed by atoms with E-state index < -0.39 is 0 Å². The topological polar surface area (TPSA) is 21.3 Å². The van der Waals surface area contributed by atoms with Gasteiger partial charge in [-0.15, -0.1) is 0 Å². The first-order chi connectivity index (χ1) is 9.08. The Kier molecular flexibility index (Phi) is 4.87. The van der Waals surface area contributed by atoms with Crippen molar-refractivity contribution in [1.29, 1.82) is 0 Å². The summed E-state index contributed by atoms with van der Waals surface area (Å²) in [4.78, 5) is 0. The van der Waals surface area contributed by atoms with E-state index in [9.17, 15) is 0 Å². The van der Waals surface area contributed by atoms with Crippen LogP contribution in [0.4, 0.5) is 0 Å².